The SMILES string of the molecule is O=C(CCNc1cccc(Br)c1)c1cc2ccccc2oc1=O. The third kappa shape index (κ3) is 3.68. The van der Waals surface area contributed by atoms with Crippen molar-refractivity contribution in [2.75, 3.05) is 11.9 Å². The number of hydrogen-bond donors (Lipinski definition) is 1. The summed E-state index contributed by atoms with van der Waals surface area (Å²) in [6.07, 6.45) is 0.218. The van der Waals surface area contributed by atoms with Gasteiger partial charge in [-0.3, -0.25) is 4.79 Å². The Kier molecular flexibility index (Phi) is 4.57. The molecule has 2 aromatic carbocycles. The van der Waals surface area contributed by atoms with Gasteiger partial charge in [-0.1, -0.05) is 40.2 Å². The fourth-order valence-electron chi connectivity index (χ4n) is 2.31. The molecule has 0 atom stereocenters. The molecule has 3 rings (SSSR count). The van der Waals surface area contributed by atoms with Gasteiger partial charge in [-0.2, -0.15) is 0 Å². The van der Waals surface area contributed by atoms with Crippen LogP contribution in [-0.4, -0.2) is 12.3 Å². The molecule has 116 valence electrons. The number of anilines is 1. The number of fused-ring (bicyclic) bond motifs is 1. The zero-order valence-corrected chi connectivity index (χ0v) is 13.8. The van der Waals surface area contributed by atoms with E-state index in [4.69, 9.17) is 4.42 Å². The molecular weight excluding hydrogens is 358 g/mol. The second-order valence-corrected chi connectivity index (χ2v) is 6.01. The summed E-state index contributed by atoms with van der Waals surface area (Å²) in [5.41, 5.74) is 0.912. The van der Waals surface area contributed by atoms with Crippen molar-refractivity contribution in [2.45, 2.75) is 6.42 Å². The van der Waals surface area contributed by atoms with Crippen molar-refractivity contribution >= 4 is 38.4 Å². The summed E-state index contributed by atoms with van der Waals surface area (Å²) in [5.74, 6) is -0.230. The molecule has 0 amide bonds. The van der Waals surface area contributed by atoms with Gasteiger partial charge in [0.05, 0.1) is 0 Å². The Hall–Kier alpha value is -2.40. The van der Waals surface area contributed by atoms with Crippen molar-refractivity contribution in [2.24, 2.45) is 0 Å². The van der Waals surface area contributed by atoms with Gasteiger partial charge in [0.1, 0.15) is 11.1 Å². The number of hydrogen-bond acceptors (Lipinski definition) is 4. The number of benzene rings is 2. The third-order valence-corrected chi connectivity index (χ3v) is 3.94. The van der Waals surface area contributed by atoms with E-state index in [1.807, 2.05) is 36.4 Å². The Morgan fingerprint density at radius 2 is 1.91 bits per heavy atom. The van der Waals surface area contributed by atoms with Crippen molar-refractivity contribution < 1.29 is 9.21 Å². The highest BCUT2D eigenvalue weighted by molar-refractivity contribution is 9.10. The van der Waals surface area contributed by atoms with Crippen LogP contribution in [0.5, 0.6) is 0 Å². The van der Waals surface area contributed by atoms with Crippen LogP contribution in [0, 0.1) is 0 Å². The Bertz CT molecular complexity index is 917. The monoisotopic (exact) mass is 371 g/mol. The molecule has 1 N–H and O–H groups in total. The zero-order chi connectivity index (χ0) is 16.2. The van der Waals surface area contributed by atoms with Crippen molar-refractivity contribution in [3.63, 3.8) is 0 Å². The van der Waals surface area contributed by atoms with Gasteiger partial charge in [0, 0.05) is 28.5 Å². The van der Waals surface area contributed by atoms with Crippen LogP contribution in [0.4, 0.5) is 5.69 Å². The first-order valence-corrected chi connectivity index (χ1v) is 7.98. The quantitative estimate of drug-likeness (QED) is 0.538. The van der Waals surface area contributed by atoms with Crippen LogP contribution in [0.15, 0.2) is 68.3 Å². The van der Waals surface area contributed by atoms with E-state index in [0.717, 1.165) is 15.5 Å². The molecule has 0 aliphatic carbocycles. The number of Topliss-reactive ketones (excluding diaryl/α,β-unsaturated/α-hetero) is 1. The van der Waals surface area contributed by atoms with Gasteiger partial charge in [-0.25, -0.2) is 4.79 Å². The molecule has 0 saturated heterocycles. The second kappa shape index (κ2) is 6.79. The summed E-state index contributed by atoms with van der Waals surface area (Å²) in [6, 6.07) is 16.4. The van der Waals surface area contributed by atoms with Crippen LogP contribution in [0.3, 0.4) is 0 Å². The van der Waals surface area contributed by atoms with Gasteiger partial charge in [0.15, 0.2) is 5.78 Å². The van der Waals surface area contributed by atoms with Gasteiger partial charge in [-0.15, -0.1) is 0 Å². The molecule has 0 radical (unpaired) electrons. The van der Waals surface area contributed by atoms with E-state index in [-0.39, 0.29) is 17.8 Å². The predicted octanol–water partition coefficient (Wildman–Crippen LogP) is 4.24. The fourth-order valence-corrected chi connectivity index (χ4v) is 2.71. The fraction of sp³-hybridized carbons (Fsp3) is 0.111. The van der Waals surface area contributed by atoms with Crippen LogP contribution in [0.2, 0.25) is 0 Å². The number of carbonyl (C=O) groups is 1. The molecular formula is C18H14BrNO3. The van der Waals surface area contributed by atoms with E-state index in [9.17, 15) is 9.59 Å². The Morgan fingerprint density at radius 1 is 1.09 bits per heavy atom. The van der Waals surface area contributed by atoms with E-state index in [2.05, 4.69) is 21.2 Å². The lowest BCUT2D eigenvalue weighted by Crippen LogP contribution is -2.16. The van der Waals surface area contributed by atoms with Crippen molar-refractivity contribution in [3.05, 3.63) is 75.1 Å². The minimum atomic E-state index is -0.587. The van der Waals surface area contributed by atoms with Crippen LogP contribution >= 0.6 is 15.9 Å². The lowest BCUT2D eigenvalue weighted by atomic mass is 10.1. The molecule has 0 fully saturated rings. The number of ketones is 1. The predicted molar refractivity (Wildman–Crippen MR) is 94.1 cm³/mol. The maximum absolute atomic E-state index is 12.3. The molecule has 0 aliphatic rings. The van der Waals surface area contributed by atoms with E-state index < -0.39 is 5.63 Å². The number of para-hydroxylation sites is 1. The molecule has 0 bridgehead atoms. The Balaban J connectivity index is 1.71. The lowest BCUT2D eigenvalue weighted by molar-refractivity contribution is 0.0983. The normalized spacial score (nSPS) is 10.7. The summed E-state index contributed by atoms with van der Waals surface area (Å²) in [7, 11) is 0. The Morgan fingerprint density at radius 3 is 2.74 bits per heavy atom. The molecule has 3 aromatic rings. The average Bonchev–Trinajstić information content (AvgIpc) is 2.54. The minimum absolute atomic E-state index is 0.0970. The largest absolute Gasteiger partial charge is 0.422 e. The highest BCUT2D eigenvalue weighted by atomic mass is 79.9. The summed E-state index contributed by atoms with van der Waals surface area (Å²) in [4.78, 5) is 24.2. The molecule has 23 heavy (non-hydrogen) atoms. The van der Waals surface area contributed by atoms with Crippen molar-refractivity contribution in [3.8, 4) is 0 Å². The Labute approximate surface area is 141 Å². The summed E-state index contributed by atoms with van der Waals surface area (Å²) < 4.78 is 6.15. The summed E-state index contributed by atoms with van der Waals surface area (Å²) in [6.45, 7) is 0.446. The van der Waals surface area contributed by atoms with Crippen LogP contribution < -0.4 is 10.9 Å². The number of rotatable bonds is 5. The maximum atomic E-state index is 12.3. The highest BCUT2D eigenvalue weighted by Crippen LogP contribution is 2.16. The first-order valence-electron chi connectivity index (χ1n) is 7.19. The second-order valence-electron chi connectivity index (χ2n) is 5.10. The van der Waals surface area contributed by atoms with E-state index in [1.165, 1.54) is 0 Å². The smallest absolute Gasteiger partial charge is 0.347 e. The van der Waals surface area contributed by atoms with Gasteiger partial charge >= 0.3 is 5.63 Å². The molecule has 0 saturated carbocycles. The first kappa shape index (κ1) is 15.5. The number of halogens is 1. The first-order chi connectivity index (χ1) is 11.1. The highest BCUT2D eigenvalue weighted by Gasteiger charge is 2.13. The van der Waals surface area contributed by atoms with Gasteiger partial charge in [0.2, 0.25) is 0 Å². The molecule has 5 heteroatoms. The van der Waals surface area contributed by atoms with Crippen LogP contribution in [-0.2, 0) is 0 Å². The zero-order valence-electron chi connectivity index (χ0n) is 12.2. The topological polar surface area (TPSA) is 59.3 Å². The minimum Gasteiger partial charge on any atom is -0.422 e. The molecule has 4 nitrogen and oxygen atoms in total. The lowest BCUT2D eigenvalue weighted by Gasteiger charge is -2.06. The summed E-state index contributed by atoms with van der Waals surface area (Å²) in [5, 5.41) is 3.91. The molecule has 0 spiro atoms. The number of carbonyl (C=O) groups excluding carboxylic acids is 1. The van der Waals surface area contributed by atoms with Crippen LogP contribution in [0.25, 0.3) is 11.0 Å². The van der Waals surface area contributed by atoms with E-state index in [0.29, 0.717) is 12.1 Å². The molecule has 0 unspecified atom stereocenters. The molecule has 1 heterocycles. The van der Waals surface area contributed by atoms with Gasteiger partial charge in [-0.05, 0) is 30.3 Å². The molecule has 1 aromatic heterocycles. The standard InChI is InChI=1S/C18H14BrNO3/c19-13-5-3-6-14(11-13)20-9-8-16(21)15-10-12-4-1-2-7-17(12)23-18(15)22/h1-7,10-11,20H,8-9H2. The van der Waals surface area contributed by atoms with Crippen LogP contribution in [0.1, 0.15) is 16.8 Å². The number of nitrogens with one attached hydrogen (secondary N) is 1. The maximum Gasteiger partial charge on any atom is 0.347 e. The van der Waals surface area contributed by atoms with E-state index in [1.54, 1.807) is 18.2 Å². The van der Waals surface area contributed by atoms with Crippen molar-refractivity contribution in [1.82, 2.24) is 0 Å². The summed E-state index contributed by atoms with van der Waals surface area (Å²) >= 11 is 3.39. The van der Waals surface area contributed by atoms with Crippen molar-refractivity contribution in [1.29, 1.82) is 0 Å². The van der Waals surface area contributed by atoms with Gasteiger partial charge in [0.25, 0.3) is 0 Å². The average molecular weight is 372 g/mol. The molecule has 0 aliphatic heterocycles. The van der Waals surface area contributed by atoms with E-state index >= 15 is 0 Å². The van der Waals surface area contributed by atoms with Gasteiger partial charge < -0.3 is 9.73 Å². The third-order valence-electron chi connectivity index (χ3n) is 3.45.